The Morgan fingerprint density at radius 1 is 0.283 bits per heavy atom. The number of benzene rings is 19. The number of nitriles is 1. The van der Waals surface area contributed by atoms with Crippen molar-refractivity contribution in [2.24, 2.45) is 0 Å². The molecule has 1 saturated heterocycles. The summed E-state index contributed by atoms with van der Waals surface area (Å²) in [4.78, 5) is 13.8. The van der Waals surface area contributed by atoms with Crippen LogP contribution in [0.25, 0.3) is 196 Å². The topological polar surface area (TPSA) is 90.2 Å². The van der Waals surface area contributed by atoms with Crippen LogP contribution in [0.4, 0.5) is 0 Å². The third-order valence-electron chi connectivity index (χ3n) is 23.8. The monoisotopic (exact) mass is 1640 g/mol. The van der Waals surface area contributed by atoms with Crippen molar-refractivity contribution in [3.05, 3.63) is 335 Å². The van der Waals surface area contributed by atoms with Crippen LogP contribution < -0.4 is 10.2 Å². The van der Waals surface area contributed by atoms with Crippen molar-refractivity contribution in [1.82, 2.24) is 15.0 Å². The normalized spacial score (nSPS) is 13.6. The summed E-state index contributed by atoms with van der Waals surface area (Å²) in [6.07, 6.45) is 5.56. The van der Waals surface area contributed by atoms with E-state index in [2.05, 4.69) is 333 Å². The summed E-state index contributed by atoms with van der Waals surface area (Å²) in [6, 6.07) is 107. The lowest BCUT2D eigenvalue weighted by molar-refractivity contribution is 0.00578. The number of rotatable bonds is 5. The maximum atomic E-state index is 9.40. The molecule has 2 aliphatic heterocycles. The van der Waals surface area contributed by atoms with E-state index in [1.807, 2.05) is 79.3 Å². The van der Waals surface area contributed by atoms with Crippen LogP contribution in [0.3, 0.4) is 0 Å². The van der Waals surface area contributed by atoms with Crippen molar-refractivity contribution in [3.8, 4) is 73.6 Å². The average molecular weight is 1640 g/mol. The van der Waals surface area contributed by atoms with Crippen LogP contribution in [0.5, 0.6) is 11.5 Å². The molecule has 0 atom stereocenters. The minimum absolute atomic E-state index is 0.367. The van der Waals surface area contributed by atoms with E-state index in [1.165, 1.54) is 146 Å². The molecule has 0 aliphatic carbocycles. The van der Waals surface area contributed by atoms with E-state index in [1.54, 1.807) is 0 Å². The van der Waals surface area contributed by atoms with Crippen LogP contribution in [0, 0.1) is 11.3 Å². The van der Waals surface area contributed by atoms with Crippen molar-refractivity contribution in [3.63, 3.8) is 0 Å². The molecular weight excluding hydrogens is 1580 g/mol. The number of ether oxygens (including phenoxy) is 1. The Balaban J connectivity index is 0.0000000992. The summed E-state index contributed by atoms with van der Waals surface area (Å²) < 4.78 is 22.6. The minimum Gasteiger partial charge on any atom is -0.456 e. The number of pyridine rings is 3. The van der Waals surface area contributed by atoms with E-state index in [0.717, 1.165) is 80.5 Å². The number of fused-ring (bicyclic) bond motifs is 2. The molecule has 7 nitrogen and oxygen atoms in total. The van der Waals surface area contributed by atoms with Gasteiger partial charge in [-0.15, -0.1) is 0 Å². The molecule has 2 aliphatic rings. The molecule has 19 aromatic carbocycles. The first kappa shape index (κ1) is 68.8. The molecular formula is C102H64BBr3N4O3. The van der Waals surface area contributed by atoms with E-state index in [4.69, 9.17) is 14.0 Å². The zero-order chi connectivity index (χ0) is 76.1. The Kier molecular flexibility index (Phi) is 16.3. The number of hydrogen-bond donors (Lipinski definition) is 0. The van der Waals surface area contributed by atoms with Crippen LogP contribution in [0.1, 0.15) is 33.3 Å². The van der Waals surface area contributed by atoms with Gasteiger partial charge in [-0.25, -0.2) is 0 Å². The van der Waals surface area contributed by atoms with Gasteiger partial charge in [0.15, 0.2) is 0 Å². The second kappa shape index (κ2) is 26.7. The highest BCUT2D eigenvalue weighted by Gasteiger charge is 2.52. The van der Waals surface area contributed by atoms with E-state index >= 15 is 0 Å². The number of halogens is 3. The third kappa shape index (κ3) is 11.1. The maximum Gasteiger partial charge on any atom is 0.495 e. The molecule has 534 valence electrons. The molecule has 11 heteroatoms. The molecule has 0 amide bonds. The highest BCUT2D eigenvalue weighted by molar-refractivity contribution is 9.11. The van der Waals surface area contributed by atoms with E-state index in [-0.39, 0.29) is 18.3 Å². The van der Waals surface area contributed by atoms with Crippen molar-refractivity contribution >= 4 is 200 Å². The van der Waals surface area contributed by atoms with E-state index in [0.29, 0.717) is 5.56 Å². The van der Waals surface area contributed by atoms with Gasteiger partial charge in [-0.1, -0.05) is 266 Å². The van der Waals surface area contributed by atoms with Crippen LogP contribution in [-0.4, -0.2) is 33.3 Å². The number of aromatic nitrogens is 3. The van der Waals surface area contributed by atoms with Crippen LogP contribution in [0.2, 0.25) is 0 Å². The Morgan fingerprint density at radius 2 is 0.602 bits per heavy atom. The summed E-state index contributed by atoms with van der Waals surface area (Å²) in [5.41, 5.74) is 11.9. The molecule has 0 unspecified atom stereocenters. The molecule has 113 heavy (non-hydrogen) atoms. The number of nitrogens with zero attached hydrogens (tertiary/aromatic N) is 4. The lowest BCUT2D eigenvalue weighted by atomic mass is 9.74. The van der Waals surface area contributed by atoms with Crippen molar-refractivity contribution < 1.29 is 14.0 Å². The third-order valence-corrected chi connectivity index (χ3v) is 25.9. The van der Waals surface area contributed by atoms with Gasteiger partial charge >= 0.3 is 7.12 Å². The SMILES string of the molecule is Brc1ccc2ccc3c(-c4ccccn4)ccc4ccc1c2c43.Brc1ccc2ccc3c(Br)ccc4ccc1c2c43.CC1(C)OB(c2ccc3ccc4c(-c5ccccn5)ccc5ccc2c3c54)OC1(C)C.N#Cc1ccc2c(c1)Oc1cccc3c(-c4ccc5ccc6c(-c7ccccn7)ccc7ccc4c5c76)ccc-2c13. The molecule has 3 aromatic heterocycles. The van der Waals surface area contributed by atoms with Crippen LogP contribution >= 0.6 is 47.8 Å². The summed E-state index contributed by atoms with van der Waals surface area (Å²) >= 11 is 11.0. The fourth-order valence-electron chi connectivity index (χ4n) is 17.7. The van der Waals surface area contributed by atoms with Gasteiger partial charge in [-0.3, -0.25) is 15.0 Å². The molecule has 0 N–H and O–H groups in total. The van der Waals surface area contributed by atoms with Gasteiger partial charge in [0.05, 0.1) is 39.9 Å². The smallest absolute Gasteiger partial charge is 0.456 e. The van der Waals surface area contributed by atoms with Gasteiger partial charge in [0.25, 0.3) is 0 Å². The van der Waals surface area contributed by atoms with Crippen molar-refractivity contribution in [2.45, 2.75) is 38.9 Å². The van der Waals surface area contributed by atoms with Gasteiger partial charge in [-0.2, -0.15) is 5.26 Å². The summed E-state index contributed by atoms with van der Waals surface area (Å²) in [5, 5.41) is 42.1. The molecule has 1 fully saturated rings. The molecule has 22 aromatic rings. The van der Waals surface area contributed by atoms with Gasteiger partial charge < -0.3 is 14.0 Å². The quantitative estimate of drug-likeness (QED) is 0.125. The Labute approximate surface area is 676 Å². The highest BCUT2D eigenvalue weighted by atomic mass is 79.9. The number of hydrogen-bond acceptors (Lipinski definition) is 7. The Morgan fingerprint density at radius 3 is 1.01 bits per heavy atom. The first-order valence-electron chi connectivity index (χ1n) is 37.9. The summed E-state index contributed by atoms with van der Waals surface area (Å²) in [6.45, 7) is 8.40. The second-order valence-corrected chi connectivity index (χ2v) is 33.0. The Hall–Kier alpha value is -12.2. The van der Waals surface area contributed by atoms with Gasteiger partial charge in [-0.05, 0) is 263 Å². The maximum absolute atomic E-state index is 9.40. The first-order chi connectivity index (χ1) is 55.2. The highest BCUT2D eigenvalue weighted by Crippen LogP contribution is 2.52. The van der Waals surface area contributed by atoms with Crippen molar-refractivity contribution in [1.29, 1.82) is 5.26 Å². The zero-order valence-electron chi connectivity index (χ0n) is 61.7. The fraction of sp³-hybridized carbons (Fsp3) is 0.0588. The van der Waals surface area contributed by atoms with Crippen molar-refractivity contribution in [2.75, 3.05) is 0 Å². The van der Waals surface area contributed by atoms with Crippen LogP contribution in [0.15, 0.2) is 329 Å². The molecule has 0 bridgehead atoms. The summed E-state index contributed by atoms with van der Waals surface area (Å²) in [7, 11) is -0.384. The minimum atomic E-state index is -0.384. The van der Waals surface area contributed by atoms with Gasteiger partial charge in [0.2, 0.25) is 0 Å². The van der Waals surface area contributed by atoms with E-state index in [9.17, 15) is 5.26 Å². The predicted molar refractivity (Wildman–Crippen MR) is 482 cm³/mol. The second-order valence-electron chi connectivity index (χ2n) is 30.4. The zero-order valence-corrected chi connectivity index (χ0v) is 66.5. The first-order valence-corrected chi connectivity index (χ1v) is 40.3. The molecule has 5 heterocycles. The van der Waals surface area contributed by atoms with Crippen LogP contribution in [-0.2, 0) is 9.31 Å². The molecule has 0 saturated carbocycles. The Bertz CT molecular complexity index is 7570. The standard InChI is InChI=1S/C38H20N2O.C27H24BNO2.C21H12BrN.C16H8Br2/c39-21-22-7-12-28-32-18-17-26(29-4-3-6-34(38(29)32)41-35(28)20-22)25-13-8-23-11-16-31-27(33-5-1-2-19-40-33)14-9-24-10-15-30(25)36(23)37(24)31;1-26(2)27(3,4)31-28(30-26)22-15-11-18-9-13-20-19(23-7-5-6-16-29-23)12-8-17-10-14-21(22)25(18)24(17)20;22-18-11-7-14-5-9-16-15(19-3-1-2-12-23-19)8-4-13-6-10-17(18)21(14)20(13)16;17-13-8-4-10-2-6-12-14(18)7-3-9-1-5-11(13)16(10)15(9)12/h1-20H;5-16H,1-4H3;1-12H;1-8H. The largest absolute Gasteiger partial charge is 0.495 e. The lowest BCUT2D eigenvalue weighted by Crippen LogP contribution is -2.41. The average Bonchev–Trinajstić information content (AvgIpc) is 1.51. The lowest BCUT2D eigenvalue weighted by Gasteiger charge is -2.32. The predicted octanol–water partition coefficient (Wildman–Crippen LogP) is 28.6. The summed E-state index contributed by atoms with van der Waals surface area (Å²) in [5.74, 6) is 1.54. The molecule has 0 radical (unpaired) electrons. The molecule has 24 rings (SSSR count). The fourth-order valence-corrected chi connectivity index (χ4v) is 19.1. The van der Waals surface area contributed by atoms with E-state index < -0.39 is 0 Å². The van der Waals surface area contributed by atoms with Gasteiger partial charge in [0, 0.05) is 59.6 Å². The molecule has 0 spiro atoms. The van der Waals surface area contributed by atoms with Gasteiger partial charge in [0.1, 0.15) is 11.5 Å².